The molecule has 2 aliphatic rings. The Morgan fingerprint density at radius 3 is 2.71 bits per heavy atom. The van der Waals surface area contributed by atoms with E-state index in [1.165, 1.54) is 0 Å². The lowest BCUT2D eigenvalue weighted by Crippen LogP contribution is -2.35. The first-order valence-corrected chi connectivity index (χ1v) is 7.25. The first-order valence-electron chi connectivity index (χ1n) is 7.25. The topological polar surface area (TPSA) is 76.4 Å². The van der Waals surface area contributed by atoms with Gasteiger partial charge in [0, 0.05) is 18.8 Å². The van der Waals surface area contributed by atoms with Crippen molar-refractivity contribution in [2.75, 3.05) is 18.4 Å². The fourth-order valence-corrected chi connectivity index (χ4v) is 3.65. The number of anilines is 1. The molecule has 2 fully saturated rings. The number of benzene rings is 1. The number of aliphatic hydroxyl groups is 1. The van der Waals surface area contributed by atoms with Crippen molar-refractivity contribution in [3.05, 3.63) is 29.8 Å². The van der Waals surface area contributed by atoms with Crippen LogP contribution in [-0.2, 0) is 0 Å². The van der Waals surface area contributed by atoms with Crippen molar-refractivity contribution in [3.8, 4) is 6.07 Å². The molecular formula is C16H19N3O2. The summed E-state index contributed by atoms with van der Waals surface area (Å²) in [5.74, 6) is 0.799. The SMILES string of the molecule is CC1(O)C[C@H]2CN(C(=O)Nc3cccc(C#N)c3)C[C@H]2C1. The largest absolute Gasteiger partial charge is 0.390 e. The van der Waals surface area contributed by atoms with Crippen LogP contribution in [0.2, 0.25) is 0 Å². The molecule has 5 heteroatoms. The summed E-state index contributed by atoms with van der Waals surface area (Å²) in [5.41, 5.74) is 0.601. The fourth-order valence-electron chi connectivity index (χ4n) is 3.65. The zero-order valence-corrected chi connectivity index (χ0v) is 12.0. The van der Waals surface area contributed by atoms with E-state index in [4.69, 9.17) is 5.26 Å². The Hall–Kier alpha value is -2.06. The minimum atomic E-state index is -0.570. The maximum absolute atomic E-state index is 12.3. The molecule has 3 atom stereocenters. The fraction of sp³-hybridized carbons (Fsp3) is 0.500. The molecule has 1 aliphatic heterocycles. The van der Waals surface area contributed by atoms with Crippen LogP contribution in [0.4, 0.5) is 10.5 Å². The predicted octanol–water partition coefficient (Wildman–Crippen LogP) is 2.18. The van der Waals surface area contributed by atoms with Gasteiger partial charge in [-0.25, -0.2) is 4.79 Å². The van der Waals surface area contributed by atoms with Gasteiger partial charge in [-0.1, -0.05) is 6.07 Å². The van der Waals surface area contributed by atoms with Crippen LogP contribution in [0.15, 0.2) is 24.3 Å². The van der Waals surface area contributed by atoms with E-state index in [9.17, 15) is 9.90 Å². The molecule has 1 heterocycles. The van der Waals surface area contributed by atoms with E-state index in [0.29, 0.717) is 36.2 Å². The second kappa shape index (κ2) is 5.05. The number of hydrogen-bond donors (Lipinski definition) is 2. The molecule has 5 nitrogen and oxygen atoms in total. The van der Waals surface area contributed by atoms with Crippen molar-refractivity contribution in [1.82, 2.24) is 4.90 Å². The van der Waals surface area contributed by atoms with Gasteiger partial charge in [-0.15, -0.1) is 0 Å². The lowest BCUT2D eigenvalue weighted by molar-refractivity contribution is 0.0559. The molecule has 0 aromatic heterocycles. The number of likely N-dealkylation sites (tertiary alicyclic amines) is 1. The molecule has 1 saturated heterocycles. The Labute approximate surface area is 124 Å². The van der Waals surface area contributed by atoms with Crippen molar-refractivity contribution in [2.45, 2.75) is 25.4 Å². The predicted molar refractivity (Wildman–Crippen MR) is 78.6 cm³/mol. The highest BCUT2D eigenvalue weighted by molar-refractivity contribution is 5.89. The van der Waals surface area contributed by atoms with E-state index >= 15 is 0 Å². The molecule has 2 N–H and O–H groups in total. The molecule has 3 rings (SSSR count). The maximum atomic E-state index is 12.3. The number of fused-ring (bicyclic) bond motifs is 1. The van der Waals surface area contributed by atoms with Gasteiger partial charge in [0.15, 0.2) is 0 Å². The molecule has 1 saturated carbocycles. The van der Waals surface area contributed by atoms with Crippen LogP contribution in [0.5, 0.6) is 0 Å². The summed E-state index contributed by atoms with van der Waals surface area (Å²) in [6.07, 6.45) is 1.54. The molecule has 0 radical (unpaired) electrons. The van der Waals surface area contributed by atoms with E-state index in [1.807, 2.05) is 11.8 Å². The van der Waals surface area contributed by atoms with Crippen LogP contribution in [0.1, 0.15) is 25.3 Å². The second-order valence-corrected chi connectivity index (χ2v) is 6.45. The van der Waals surface area contributed by atoms with Crippen LogP contribution >= 0.6 is 0 Å². The van der Waals surface area contributed by atoms with Crippen molar-refractivity contribution in [1.29, 1.82) is 5.26 Å². The molecule has 2 amide bonds. The van der Waals surface area contributed by atoms with Gasteiger partial charge in [0.25, 0.3) is 0 Å². The molecule has 0 bridgehead atoms. The lowest BCUT2D eigenvalue weighted by Gasteiger charge is -2.22. The summed E-state index contributed by atoms with van der Waals surface area (Å²) in [5, 5.41) is 21.8. The highest BCUT2D eigenvalue weighted by Gasteiger charge is 2.46. The first-order chi connectivity index (χ1) is 9.97. The Balaban J connectivity index is 1.62. The third-order valence-corrected chi connectivity index (χ3v) is 4.51. The van der Waals surface area contributed by atoms with Gasteiger partial charge in [-0.3, -0.25) is 0 Å². The monoisotopic (exact) mass is 285 g/mol. The molecule has 21 heavy (non-hydrogen) atoms. The summed E-state index contributed by atoms with van der Waals surface area (Å²) in [7, 11) is 0. The Morgan fingerprint density at radius 2 is 2.10 bits per heavy atom. The van der Waals surface area contributed by atoms with Crippen LogP contribution in [0.3, 0.4) is 0 Å². The Morgan fingerprint density at radius 1 is 1.43 bits per heavy atom. The van der Waals surface area contributed by atoms with Gasteiger partial charge < -0.3 is 15.3 Å². The molecule has 1 aromatic carbocycles. The molecule has 1 aliphatic carbocycles. The number of nitrogens with one attached hydrogen (secondary N) is 1. The molecule has 1 unspecified atom stereocenters. The number of amides is 2. The number of hydrogen-bond acceptors (Lipinski definition) is 3. The van der Waals surface area contributed by atoms with Crippen LogP contribution in [0, 0.1) is 23.2 Å². The summed E-state index contributed by atoms with van der Waals surface area (Å²) < 4.78 is 0. The summed E-state index contributed by atoms with van der Waals surface area (Å²) in [6.45, 7) is 3.28. The zero-order valence-electron chi connectivity index (χ0n) is 12.0. The molecule has 1 aromatic rings. The number of rotatable bonds is 1. The molecule has 0 spiro atoms. The molecule has 110 valence electrons. The summed E-state index contributed by atoms with van der Waals surface area (Å²) >= 11 is 0. The average Bonchev–Trinajstić information content (AvgIpc) is 2.92. The van der Waals surface area contributed by atoms with E-state index in [-0.39, 0.29) is 6.03 Å². The smallest absolute Gasteiger partial charge is 0.321 e. The van der Waals surface area contributed by atoms with E-state index < -0.39 is 5.60 Å². The minimum Gasteiger partial charge on any atom is -0.390 e. The number of nitrogens with zero attached hydrogens (tertiary/aromatic N) is 2. The number of carbonyl (C=O) groups excluding carboxylic acids is 1. The van der Waals surface area contributed by atoms with Crippen molar-refractivity contribution >= 4 is 11.7 Å². The van der Waals surface area contributed by atoms with Gasteiger partial charge in [0.05, 0.1) is 17.2 Å². The van der Waals surface area contributed by atoms with E-state index in [0.717, 1.165) is 12.8 Å². The molecular weight excluding hydrogens is 266 g/mol. The zero-order chi connectivity index (χ0) is 15.0. The number of nitriles is 1. The van der Waals surface area contributed by atoms with Crippen LogP contribution in [-0.4, -0.2) is 34.7 Å². The van der Waals surface area contributed by atoms with Gasteiger partial charge in [-0.05, 0) is 49.8 Å². The summed E-state index contributed by atoms with van der Waals surface area (Å²) in [4.78, 5) is 14.1. The second-order valence-electron chi connectivity index (χ2n) is 6.45. The van der Waals surface area contributed by atoms with Crippen LogP contribution < -0.4 is 5.32 Å². The standard InChI is InChI=1S/C16H19N3O2/c1-16(21)6-12-9-19(10-13(12)7-16)15(20)18-14-4-2-3-11(5-14)8-17/h2-5,12-13,21H,6-7,9-10H2,1H3,(H,18,20)/t12-,13+,16?. The van der Waals surface area contributed by atoms with Gasteiger partial charge in [0.1, 0.15) is 0 Å². The average molecular weight is 285 g/mol. The normalized spacial score (nSPS) is 30.8. The third-order valence-electron chi connectivity index (χ3n) is 4.51. The lowest BCUT2D eigenvalue weighted by atomic mass is 10.0. The van der Waals surface area contributed by atoms with E-state index in [2.05, 4.69) is 11.4 Å². The maximum Gasteiger partial charge on any atom is 0.321 e. The number of urea groups is 1. The third kappa shape index (κ3) is 2.86. The first kappa shape index (κ1) is 13.9. The Kier molecular flexibility index (Phi) is 3.34. The van der Waals surface area contributed by atoms with Crippen LogP contribution in [0.25, 0.3) is 0 Å². The van der Waals surface area contributed by atoms with Crippen molar-refractivity contribution in [2.24, 2.45) is 11.8 Å². The number of carbonyl (C=O) groups is 1. The summed E-state index contributed by atoms with van der Waals surface area (Å²) in [6, 6.07) is 8.84. The van der Waals surface area contributed by atoms with Gasteiger partial charge in [-0.2, -0.15) is 5.26 Å². The highest BCUT2D eigenvalue weighted by atomic mass is 16.3. The van der Waals surface area contributed by atoms with Gasteiger partial charge in [0.2, 0.25) is 0 Å². The van der Waals surface area contributed by atoms with Gasteiger partial charge >= 0.3 is 6.03 Å². The quantitative estimate of drug-likeness (QED) is 0.830. The van der Waals surface area contributed by atoms with Crippen molar-refractivity contribution < 1.29 is 9.90 Å². The van der Waals surface area contributed by atoms with Crippen molar-refractivity contribution in [3.63, 3.8) is 0 Å². The Bertz CT molecular complexity index is 590. The minimum absolute atomic E-state index is 0.126. The van der Waals surface area contributed by atoms with E-state index in [1.54, 1.807) is 24.3 Å². The highest BCUT2D eigenvalue weighted by Crippen LogP contribution is 2.43.